The molecule has 0 aromatic heterocycles. The Morgan fingerprint density at radius 3 is 2.94 bits per heavy atom. The Hall–Kier alpha value is -1.06. The topological polar surface area (TPSA) is 32.7 Å². The molecule has 1 aliphatic heterocycles. The molecule has 1 aromatic rings. The first-order valence-corrected chi connectivity index (χ1v) is 6.47. The van der Waals surface area contributed by atoms with E-state index >= 15 is 0 Å². The van der Waals surface area contributed by atoms with Crippen LogP contribution in [0, 0.1) is 0 Å². The number of nitrogens with zero attached hydrogens (tertiary/aromatic N) is 1. The van der Waals surface area contributed by atoms with E-state index in [1.165, 1.54) is 5.56 Å². The lowest BCUT2D eigenvalue weighted by atomic mass is 10.1. The van der Waals surface area contributed by atoms with Gasteiger partial charge in [-0.2, -0.15) is 0 Å². The number of ether oxygens (including phenoxy) is 1. The van der Waals surface area contributed by atoms with Crippen molar-refractivity contribution in [1.82, 2.24) is 4.90 Å². The summed E-state index contributed by atoms with van der Waals surface area (Å²) >= 11 is 0. The van der Waals surface area contributed by atoms with Gasteiger partial charge in [-0.3, -0.25) is 4.90 Å². The van der Waals surface area contributed by atoms with Crippen LogP contribution in [0.4, 0.5) is 0 Å². The summed E-state index contributed by atoms with van der Waals surface area (Å²) < 4.78 is 5.75. The predicted octanol–water partition coefficient (Wildman–Crippen LogP) is 1.79. The van der Waals surface area contributed by atoms with Gasteiger partial charge in [0.2, 0.25) is 0 Å². The number of hydrogen-bond acceptors (Lipinski definition) is 3. The molecule has 0 saturated heterocycles. The molecule has 1 aliphatic carbocycles. The van der Waals surface area contributed by atoms with E-state index in [-0.39, 0.29) is 6.10 Å². The fourth-order valence-electron chi connectivity index (χ4n) is 2.98. The minimum absolute atomic E-state index is 0.153. The van der Waals surface area contributed by atoms with E-state index in [2.05, 4.69) is 17.0 Å². The quantitative estimate of drug-likeness (QED) is 0.802. The Balaban J connectivity index is 1.80. The molecule has 92 valence electrons. The number of para-hydroxylation sites is 1. The van der Waals surface area contributed by atoms with E-state index in [1.807, 2.05) is 12.1 Å². The Morgan fingerprint density at radius 1 is 1.24 bits per heavy atom. The highest BCUT2D eigenvalue weighted by atomic mass is 16.5. The number of fused-ring (bicyclic) bond motifs is 1. The second kappa shape index (κ2) is 4.67. The number of benzene rings is 1. The van der Waals surface area contributed by atoms with Crippen molar-refractivity contribution < 1.29 is 9.84 Å². The molecule has 3 nitrogen and oxygen atoms in total. The molecule has 17 heavy (non-hydrogen) atoms. The normalized spacial score (nSPS) is 29.5. The van der Waals surface area contributed by atoms with Crippen molar-refractivity contribution >= 4 is 0 Å². The molecule has 0 amide bonds. The van der Waals surface area contributed by atoms with Crippen LogP contribution < -0.4 is 4.74 Å². The van der Waals surface area contributed by atoms with Crippen molar-refractivity contribution in [3.63, 3.8) is 0 Å². The highest BCUT2D eigenvalue weighted by Crippen LogP contribution is 2.29. The Bertz CT molecular complexity index is 394. The summed E-state index contributed by atoms with van der Waals surface area (Å²) in [5.41, 5.74) is 1.24. The molecule has 2 atom stereocenters. The zero-order valence-corrected chi connectivity index (χ0v) is 10.0. The molecule has 2 aliphatic rings. The lowest BCUT2D eigenvalue weighted by Crippen LogP contribution is -2.41. The fourth-order valence-corrected chi connectivity index (χ4v) is 2.98. The SMILES string of the molecule is OC1CCCC1N1CCOc2ccccc2C1. The molecule has 0 spiro atoms. The summed E-state index contributed by atoms with van der Waals surface area (Å²) in [4.78, 5) is 2.38. The average Bonchev–Trinajstić information content (AvgIpc) is 2.65. The molecular weight excluding hydrogens is 214 g/mol. The summed E-state index contributed by atoms with van der Waals surface area (Å²) in [6.07, 6.45) is 3.05. The van der Waals surface area contributed by atoms with Gasteiger partial charge in [0.1, 0.15) is 12.4 Å². The maximum atomic E-state index is 10.00. The monoisotopic (exact) mass is 233 g/mol. The number of aliphatic hydroxyl groups excluding tert-OH is 1. The number of rotatable bonds is 1. The molecule has 1 N–H and O–H groups in total. The first-order chi connectivity index (χ1) is 8.34. The minimum atomic E-state index is -0.153. The summed E-state index contributed by atoms with van der Waals surface area (Å²) in [6.45, 7) is 2.54. The number of aliphatic hydroxyl groups is 1. The first-order valence-electron chi connectivity index (χ1n) is 6.47. The maximum absolute atomic E-state index is 10.00. The Morgan fingerprint density at radius 2 is 2.12 bits per heavy atom. The Labute approximate surface area is 102 Å². The van der Waals surface area contributed by atoms with E-state index in [0.29, 0.717) is 6.04 Å². The van der Waals surface area contributed by atoms with Crippen molar-refractivity contribution in [2.45, 2.75) is 38.0 Å². The van der Waals surface area contributed by atoms with Crippen molar-refractivity contribution in [2.24, 2.45) is 0 Å². The molecule has 1 fully saturated rings. The lowest BCUT2D eigenvalue weighted by molar-refractivity contribution is 0.0626. The highest BCUT2D eigenvalue weighted by molar-refractivity contribution is 5.33. The molecule has 3 rings (SSSR count). The third-order valence-corrected chi connectivity index (χ3v) is 3.90. The van der Waals surface area contributed by atoms with E-state index in [0.717, 1.165) is 44.7 Å². The van der Waals surface area contributed by atoms with Crippen molar-refractivity contribution in [3.05, 3.63) is 29.8 Å². The molecule has 1 saturated carbocycles. The van der Waals surface area contributed by atoms with Crippen molar-refractivity contribution in [2.75, 3.05) is 13.2 Å². The van der Waals surface area contributed by atoms with Crippen molar-refractivity contribution in [3.8, 4) is 5.75 Å². The van der Waals surface area contributed by atoms with Gasteiger partial charge in [-0.25, -0.2) is 0 Å². The van der Waals surface area contributed by atoms with Gasteiger partial charge in [0.25, 0.3) is 0 Å². The zero-order chi connectivity index (χ0) is 11.7. The third-order valence-electron chi connectivity index (χ3n) is 3.90. The van der Waals surface area contributed by atoms with Gasteiger partial charge < -0.3 is 9.84 Å². The second-order valence-corrected chi connectivity index (χ2v) is 4.99. The van der Waals surface area contributed by atoms with Gasteiger partial charge in [0, 0.05) is 24.7 Å². The molecule has 3 heteroatoms. The Kier molecular flexibility index (Phi) is 3.04. The van der Waals surface area contributed by atoms with E-state index < -0.39 is 0 Å². The number of hydrogen-bond donors (Lipinski definition) is 1. The fraction of sp³-hybridized carbons (Fsp3) is 0.571. The molecule has 2 unspecified atom stereocenters. The summed E-state index contributed by atoms with van der Waals surface area (Å²) in [6, 6.07) is 8.54. The van der Waals surface area contributed by atoms with Crippen LogP contribution in [0.5, 0.6) is 5.75 Å². The van der Waals surface area contributed by atoms with E-state index in [1.54, 1.807) is 0 Å². The minimum Gasteiger partial charge on any atom is -0.492 e. The maximum Gasteiger partial charge on any atom is 0.123 e. The van der Waals surface area contributed by atoms with Crippen LogP contribution in [0.25, 0.3) is 0 Å². The van der Waals surface area contributed by atoms with Gasteiger partial charge in [-0.15, -0.1) is 0 Å². The van der Waals surface area contributed by atoms with E-state index in [4.69, 9.17) is 4.74 Å². The van der Waals surface area contributed by atoms with E-state index in [9.17, 15) is 5.11 Å². The molecule has 0 bridgehead atoms. The smallest absolute Gasteiger partial charge is 0.123 e. The van der Waals surface area contributed by atoms with Crippen LogP contribution in [-0.4, -0.2) is 35.3 Å². The standard InChI is InChI=1S/C14H19NO2/c16-13-6-3-5-12(13)15-8-9-17-14-7-2-1-4-11(14)10-15/h1-2,4,7,12-13,16H,3,5-6,8-10H2. The largest absolute Gasteiger partial charge is 0.492 e. The van der Waals surface area contributed by atoms with Gasteiger partial charge >= 0.3 is 0 Å². The van der Waals surface area contributed by atoms with Gasteiger partial charge in [0.05, 0.1) is 6.10 Å². The second-order valence-electron chi connectivity index (χ2n) is 4.99. The third kappa shape index (κ3) is 2.17. The molecular formula is C14H19NO2. The lowest BCUT2D eigenvalue weighted by Gasteiger charge is -2.29. The van der Waals surface area contributed by atoms with Crippen LogP contribution in [-0.2, 0) is 6.54 Å². The average molecular weight is 233 g/mol. The van der Waals surface area contributed by atoms with Crippen LogP contribution in [0.3, 0.4) is 0 Å². The van der Waals surface area contributed by atoms with Crippen LogP contribution in [0.2, 0.25) is 0 Å². The highest BCUT2D eigenvalue weighted by Gasteiger charge is 2.31. The van der Waals surface area contributed by atoms with Gasteiger partial charge in [0.15, 0.2) is 0 Å². The van der Waals surface area contributed by atoms with Gasteiger partial charge in [-0.1, -0.05) is 18.2 Å². The molecule has 1 aromatic carbocycles. The van der Waals surface area contributed by atoms with Crippen LogP contribution in [0.1, 0.15) is 24.8 Å². The van der Waals surface area contributed by atoms with Gasteiger partial charge in [-0.05, 0) is 25.3 Å². The summed E-state index contributed by atoms with van der Waals surface area (Å²) in [5.74, 6) is 1.00. The molecule has 1 heterocycles. The summed E-state index contributed by atoms with van der Waals surface area (Å²) in [7, 11) is 0. The zero-order valence-electron chi connectivity index (χ0n) is 10.0. The van der Waals surface area contributed by atoms with Crippen LogP contribution >= 0.6 is 0 Å². The predicted molar refractivity (Wildman–Crippen MR) is 66.0 cm³/mol. The van der Waals surface area contributed by atoms with Crippen molar-refractivity contribution in [1.29, 1.82) is 0 Å². The first kappa shape index (κ1) is 11.1. The van der Waals surface area contributed by atoms with Crippen LogP contribution in [0.15, 0.2) is 24.3 Å². The summed E-state index contributed by atoms with van der Waals surface area (Å²) in [5, 5.41) is 10.00. The molecule has 0 radical (unpaired) electrons.